The van der Waals surface area contributed by atoms with Gasteiger partial charge in [0.05, 0.1) is 11.3 Å². The molecule has 0 saturated heterocycles. The van der Waals surface area contributed by atoms with Gasteiger partial charge in [0.2, 0.25) is 5.54 Å². The minimum Gasteiger partial charge on any atom is -0.411 e. The molecule has 92 valence electrons. The molecule has 0 aromatic rings. The third-order valence-electron chi connectivity index (χ3n) is 3.67. The van der Waals surface area contributed by atoms with Gasteiger partial charge in [-0.15, -0.1) is 0 Å². The van der Waals surface area contributed by atoms with Crippen molar-refractivity contribution in [3.8, 4) is 0 Å². The molecular formula is C10H18N2O4. The van der Waals surface area contributed by atoms with Gasteiger partial charge in [0, 0.05) is 30.6 Å². The SMILES string of the molecule is C/C(=N/O)C1CC(C)([N+](=O)[O-])CCC1(C)O. The van der Waals surface area contributed by atoms with Crippen LogP contribution in [0.25, 0.3) is 0 Å². The summed E-state index contributed by atoms with van der Waals surface area (Å²) in [6.45, 7) is 4.77. The lowest BCUT2D eigenvalue weighted by Crippen LogP contribution is -2.52. The predicted molar refractivity (Wildman–Crippen MR) is 58.3 cm³/mol. The number of oxime groups is 1. The molecule has 1 saturated carbocycles. The molecule has 1 aliphatic rings. The van der Waals surface area contributed by atoms with Crippen molar-refractivity contribution < 1.29 is 15.2 Å². The predicted octanol–water partition coefficient (Wildman–Crippen LogP) is 1.42. The van der Waals surface area contributed by atoms with Crippen LogP contribution in [0.3, 0.4) is 0 Å². The number of nitro groups is 1. The van der Waals surface area contributed by atoms with Crippen molar-refractivity contribution in [2.45, 2.75) is 51.2 Å². The Kier molecular flexibility index (Phi) is 3.23. The molecule has 16 heavy (non-hydrogen) atoms. The minimum absolute atomic E-state index is 0.197. The van der Waals surface area contributed by atoms with E-state index in [0.717, 1.165) is 0 Å². The maximum absolute atomic E-state index is 11.0. The zero-order valence-corrected chi connectivity index (χ0v) is 9.80. The van der Waals surface area contributed by atoms with Crippen LogP contribution in [0.4, 0.5) is 0 Å². The maximum atomic E-state index is 11.0. The topological polar surface area (TPSA) is 96.0 Å². The smallest absolute Gasteiger partial charge is 0.220 e. The molecule has 2 N–H and O–H groups in total. The van der Waals surface area contributed by atoms with Gasteiger partial charge < -0.3 is 10.3 Å². The summed E-state index contributed by atoms with van der Waals surface area (Å²) in [5, 5.41) is 32.9. The summed E-state index contributed by atoms with van der Waals surface area (Å²) in [4.78, 5) is 10.7. The van der Waals surface area contributed by atoms with Gasteiger partial charge in [-0.05, 0) is 20.3 Å². The lowest BCUT2D eigenvalue weighted by atomic mass is 9.67. The molecule has 0 amide bonds. The fourth-order valence-electron chi connectivity index (χ4n) is 2.29. The van der Waals surface area contributed by atoms with E-state index in [-0.39, 0.29) is 11.3 Å². The summed E-state index contributed by atoms with van der Waals surface area (Å²) in [6.07, 6.45) is 0.868. The maximum Gasteiger partial charge on any atom is 0.220 e. The van der Waals surface area contributed by atoms with Crippen LogP contribution >= 0.6 is 0 Å². The summed E-state index contributed by atoms with van der Waals surface area (Å²) in [5.41, 5.74) is -1.73. The van der Waals surface area contributed by atoms with Crippen molar-refractivity contribution in [3.63, 3.8) is 0 Å². The second-order valence-electron chi connectivity index (χ2n) is 5.11. The first-order valence-electron chi connectivity index (χ1n) is 5.28. The van der Waals surface area contributed by atoms with E-state index in [1.807, 2.05) is 0 Å². The molecule has 0 heterocycles. The van der Waals surface area contributed by atoms with Gasteiger partial charge in [-0.2, -0.15) is 0 Å². The van der Waals surface area contributed by atoms with E-state index >= 15 is 0 Å². The molecule has 0 aromatic carbocycles. The largest absolute Gasteiger partial charge is 0.411 e. The number of aliphatic hydroxyl groups is 1. The second-order valence-corrected chi connectivity index (χ2v) is 5.11. The highest BCUT2D eigenvalue weighted by Crippen LogP contribution is 2.41. The standard InChI is InChI=1S/C10H18N2O4/c1-7(11-14)8-6-9(2,12(15)16)4-5-10(8,3)13/h8,13-14H,4-6H2,1-3H3/b11-7-. The monoisotopic (exact) mass is 230 g/mol. The lowest BCUT2D eigenvalue weighted by molar-refractivity contribution is -0.573. The molecule has 0 spiro atoms. The molecule has 0 bridgehead atoms. The number of rotatable bonds is 2. The van der Waals surface area contributed by atoms with Gasteiger partial charge in [-0.3, -0.25) is 10.1 Å². The van der Waals surface area contributed by atoms with Crippen molar-refractivity contribution in [1.29, 1.82) is 0 Å². The Labute approximate surface area is 94.1 Å². The minimum atomic E-state index is -1.04. The van der Waals surface area contributed by atoms with E-state index in [4.69, 9.17) is 5.21 Å². The van der Waals surface area contributed by atoms with Gasteiger partial charge in [0.25, 0.3) is 0 Å². The zero-order chi connectivity index (χ0) is 12.6. The van der Waals surface area contributed by atoms with Crippen LogP contribution in [0.2, 0.25) is 0 Å². The summed E-state index contributed by atoms with van der Waals surface area (Å²) in [7, 11) is 0. The highest BCUT2D eigenvalue weighted by Gasteiger charge is 2.51. The summed E-state index contributed by atoms with van der Waals surface area (Å²) in [6, 6.07) is 0. The van der Waals surface area contributed by atoms with Crippen molar-refractivity contribution in [2.75, 3.05) is 0 Å². The Bertz CT molecular complexity index is 327. The summed E-state index contributed by atoms with van der Waals surface area (Å²) in [5.74, 6) is -0.471. The van der Waals surface area contributed by atoms with Crippen LogP contribution in [0.1, 0.15) is 40.0 Å². The third-order valence-corrected chi connectivity index (χ3v) is 3.67. The van der Waals surface area contributed by atoms with Crippen LogP contribution in [-0.4, -0.2) is 32.1 Å². The van der Waals surface area contributed by atoms with E-state index < -0.39 is 17.1 Å². The van der Waals surface area contributed by atoms with E-state index in [9.17, 15) is 15.2 Å². The van der Waals surface area contributed by atoms with Gasteiger partial charge >= 0.3 is 0 Å². The zero-order valence-electron chi connectivity index (χ0n) is 9.80. The van der Waals surface area contributed by atoms with Crippen molar-refractivity contribution in [3.05, 3.63) is 10.1 Å². The van der Waals surface area contributed by atoms with Crippen LogP contribution in [0, 0.1) is 16.0 Å². The first-order chi connectivity index (χ1) is 7.23. The van der Waals surface area contributed by atoms with E-state index in [1.165, 1.54) is 0 Å². The van der Waals surface area contributed by atoms with Gasteiger partial charge in [-0.1, -0.05) is 5.16 Å². The Balaban J connectivity index is 2.99. The Morgan fingerprint density at radius 1 is 1.50 bits per heavy atom. The highest BCUT2D eigenvalue weighted by atomic mass is 16.6. The van der Waals surface area contributed by atoms with Crippen molar-refractivity contribution >= 4 is 5.71 Å². The Hall–Kier alpha value is -1.17. The Morgan fingerprint density at radius 3 is 2.50 bits per heavy atom. The molecule has 3 atom stereocenters. The average molecular weight is 230 g/mol. The molecule has 3 unspecified atom stereocenters. The first-order valence-corrected chi connectivity index (χ1v) is 5.28. The molecule has 1 aliphatic carbocycles. The van der Waals surface area contributed by atoms with Crippen LogP contribution in [0.5, 0.6) is 0 Å². The van der Waals surface area contributed by atoms with Gasteiger partial charge in [-0.25, -0.2) is 0 Å². The molecule has 0 radical (unpaired) electrons. The molecule has 0 aromatic heterocycles. The van der Waals surface area contributed by atoms with Gasteiger partial charge in [0.15, 0.2) is 0 Å². The van der Waals surface area contributed by atoms with E-state index in [0.29, 0.717) is 18.6 Å². The fourth-order valence-corrected chi connectivity index (χ4v) is 2.29. The Morgan fingerprint density at radius 2 is 2.06 bits per heavy atom. The van der Waals surface area contributed by atoms with Crippen molar-refractivity contribution in [1.82, 2.24) is 0 Å². The first kappa shape index (κ1) is 12.9. The van der Waals surface area contributed by atoms with Crippen LogP contribution < -0.4 is 0 Å². The summed E-state index contributed by atoms with van der Waals surface area (Å²) < 4.78 is 0. The van der Waals surface area contributed by atoms with Gasteiger partial charge in [0.1, 0.15) is 0 Å². The third kappa shape index (κ3) is 2.16. The molecule has 1 rings (SSSR count). The summed E-state index contributed by atoms with van der Waals surface area (Å²) >= 11 is 0. The molecule has 6 heteroatoms. The molecular weight excluding hydrogens is 212 g/mol. The average Bonchev–Trinajstić information content (AvgIpc) is 2.20. The number of nitrogens with zero attached hydrogens (tertiary/aromatic N) is 2. The van der Waals surface area contributed by atoms with Crippen LogP contribution in [-0.2, 0) is 0 Å². The normalized spacial score (nSPS) is 40.8. The van der Waals surface area contributed by atoms with E-state index in [2.05, 4.69) is 5.16 Å². The molecule has 6 nitrogen and oxygen atoms in total. The number of hydrogen-bond donors (Lipinski definition) is 2. The van der Waals surface area contributed by atoms with Crippen molar-refractivity contribution in [2.24, 2.45) is 11.1 Å². The van der Waals surface area contributed by atoms with E-state index in [1.54, 1.807) is 20.8 Å². The fraction of sp³-hybridized carbons (Fsp3) is 0.900. The quantitative estimate of drug-likeness (QED) is 0.324. The number of hydrogen-bond acceptors (Lipinski definition) is 5. The highest BCUT2D eigenvalue weighted by molar-refractivity contribution is 5.85. The molecule has 0 aliphatic heterocycles. The second kappa shape index (κ2) is 4.01. The lowest BCUT2D eigenvalue weighted by Gasteiger charge is -2.41. The van der Waals surface area contributed by atoms with Crippen LogP contribution in [0.15, 0.2) is 5.16 Å². The molecule has 1 fully saturated rings.